The summed E-state index contributed by atoms with van der Waals surface area (Å²) in [5.41, 5.74) is 6.26. The van der Waals surface area contributed by atoms with E-state index in [0.29, 0.717) is 17.7 Å². The van der Waals surface area contributed by atoms with Gasteiger partial charge in [-0.05, 0) is 48.8 Å². The Morgan fingerprint density at radius 2 is 2.14 bits per heavy atom. The topological polar surface area (TPSA) is 58.2 Å². The summed E-state index contributed by atoms with van der Waals surface area (Å²) in [4.78, 5) is 26.8. The molecule has 110 valence electrons. The van der Waals surface area contributed by atoms with Gasteiger partial charge in [-0.15, -0.1) is 22.7 Å². The highest BCUT2D eigenvalue weighted by Crippen LogP contribution is 2.30. The van der Waals surface area contributed by atoms with Gasteiger partial charge >= 0.3 is 0 Å². The molecule has 0 atom stereocenters. The Labute approximate surface area is 131 Å². The molecule has 0 radical (unpaired) electrons. The molecule has 1 aliphatic carbocycles. The van der Waals surface area contributed by atoms with Crippen LogP contribution in [0.2, 0.25) is 0 Å². The maximum atomic E-state index is 12.0. The lowest BCUT2D eigenvalue weighted by Gasteiger charge is -2.05. The Kier molecular flexibility index (Phi) is 4.36. The van der Waals surface area contributed by atoms with Crippen LogP contribution in [0.3, 0.4) is 0 Å². The van der Waals surface area contributed by atoms with E-state index in [1.807, 2.05) is 23.6 Å². The summed E-state index contributed by atoms with van der Waals surface area (Å²) >= 11 is 3.17. The van der Waals surface area contributed by atoms with Crippen LogP contribution in [0.25, 0.3) is 0 Å². The van der Waals surface area contributed by atoms with Crippen molar-refractivity contribution in [2.24, 2.45) is 0 Å². The number of aryl methyl sites for hydroxylation is 3. The summed E-state index contributed by atoms with van der Waals surface area (Å²) in [6.45, 7) is 0. The molecular formula is C15H16N2O2S2. The fraction of sp³-hybridized carbons (Fsp3) is 0.333. The number of carbonyl (C=O) groups is 2. The van der Waals surface area contributed by atoms with Gasteiger partial charge in [-0.2, -0.15) is 0 Å². The monoisotopic (exact) mass is 320 g/mol. The van der Waals surface area contributed by atoms with E-state index in [1.165, 1.54) is 33.1 Å². The van der Waals surface area contributed by atoms with E-state index in [4.69, 9.17) is 0 Å². The zero-order valence-electron chi connectivity index (χ0n) is 11.5. The summed E-state index contributed by atoms with van der Waals surface area (Å²) in [7, 11) is 0. The Morgan fingerprint density at radius 3 is 2.90 bits per heavy atom. The summed E-state index contributed by atoms with van der Waals surface area (Å²) < 4.78 is 0. The van der Waals surface area contributed by atoms with E-state index in [9.17, 15) is 9.59 Å². The van der Waals surface area contributed by atoms with Gasteiger partial charge in [0, 0.05) is 16.2 Å². The standard InChI is InChI=1S/C15H16N2O2S2/c18-14(7-6-11-4-2-8-20-11)16-17-15(19)13-9-10-3-1-5-12(10)21-13/h2,4,8-9H,1,3,5-7H2,(H,16,18)(H,17,19). The summed E-state index contributed by atoms with van der Waals surface area (Å²) in [5, 5.41) is 1.99. The van der Waals surface area contributed by atoms with Crippen LogP contribution in [0.5, 0.6) is 0 Å². The molecule has 0 bridgehead atoms. The third-order valence-corrected chi connectivity index (χ3v) is 5.64. The summed E-state index contributed by atoms with van der Waals surface area (Å²) in [6.07, 6.45) is 4.39. The summed E-state index contributed by atoms with van der Waals surface area (Å²) in [5.74, 6) is -0.389. The molecular weight excluding hydrogens is 304 g/mol. The first-order valence-electron chi connectivity index (χ1n) is 6.95. The van der Waals surface area contributed by atoms with Crippen molar-refractivity contribution in [3.63, 3.8) is 0 Å². The van der Waals surface area contributed by atoms with Crippen molar-refractivity contribution in [3.05, 3.63) is 43.8 Å². The zero-order chi connectivity index (χ0) is 14.7. The average molecular weight is 320 g/mol. The molecule has 2 heterocycles. The molecule has 0 saturated heterocycles. The molecule has 0 fully saturated rings. The molecule has 0 saturated carbocycles. The highest BCUT2D eigenvalue weighted by atomic mass is 32.1. The largest absolute Gasteiger partial charge is 0.279 e. The smallest absolute Gasteiger partial charge is 0.273 e. The Morgan fingerprint density at radius 1 is 1.24 bits per heavy atom. The quantitative estimate of drug-likeness (QED) is 0.851. The lowest BCUT2D eigenvalue weighted by molar-refractivity contribution is -0.121. The van der Waals surface area contributed by atoms with Gasteiger partial charge in [-0.1, -0.05) is 6.07 Å². The normalized spacial score (nSPS) is 13.0. The number of hydrogen-bond donors (Lipinski definition) is 2. The lowest BCUT2D eigenvalue weighted by atomic mass is 10.2. The molecule has 21 heavy (non-hydrogen) atoms. The van der Waals surface area contributed by atoms with Gasteiger partial charge in [0.05, 0.1) is 4.88 Å². The molecule has 0 unspecified atom stereocenters. The van der Waals surface area contributed by atoms with Gasteiger partial charge in [0.15, 0.2) is 0 Å². The van der Waals surface area contributed by atoms with Crippen LogP contribution in [0, 0.1) is 0 Å². The third kappa shape index (κ3) is 3.51. The molecule has 2 aromatic rings. The third-order valence-electron chi connectivity index (χ3n) is 3.46. The first-order chi connectivity index (χ1) is 10.2. The second-order valence-electron chi connectivity index (χ2n) is 4.99. The molecule has 0 aromatic carbocycles. The minimum Gasteiger partial charge on any atom is -0.273 e. The van der Waals surface area contributed by atoms with E-state index in [0.717, 1.165) is 12.8 Å². The number of nitrogens with one attached hydrogen (secondary N) is 2. The van der Waals surface area contributed by atoms with E-state index in [1.54, 1.807) is 11.3 Å². The van der Waals surface area contributed by atoms with E-state index < -0.39 is 0 Å². The van der Waals surface area contributed by atoms with E-state index in [-0.39, 0.29) is 11.8 Å². The average Bonchev–Trinajstić information content (AvgIpc) is 3.17. The fourth-order valence-electron chi connectivity index (χ4n) is 2.38. The molecule has 2 aromatic heterocycles. The fourth-order valence-corrected chi connectivity index (χ4v) is 4.24. The first-order valence-corrected chi connectivity index (χ1v) is 8.65. The highest BCUT2D eigenvalue weighted by molar-refractivity contribution is 7.14. The van der Waals surface area contributed by atoms with E-state index >= 15 is 0 Å². The van der Waals surface area contributed by atoms with Crippen LogP contribution in [0.4, 0.5) is 0 Å². The number of amides is 2. The van der Waals surface area contributed by atoms with Crippen LogP contribution >= 0.6 is 22.7 Å². The maximum Gasteiger partial charge on any atom is 0.279 e. The number of hydrazine groups is 1. The minimum absolute atomic E-state index is 0.166. The molecule has 0 spiro atoms. The van der Waals surface area contributed by atoms with Gasteiger partial charge in [0.25, 0.3) is 5.91 Å². The Bertz CT molecular complexity index is 625. The number of hydrogen-bond acceptors (Lipinski definition) is 4. The van der Waals surface area contributed by atoms with Crippen molar-refractivity contribution in [2.75, 3.05) is 0 Å². The van der Waals surface area contributed by atoms with Gasteiger partial charge in [0.2, 0.25) is 5.91 Å². The number of thiophene rings is 2. The van der Waals surface area contributed by atoms with Crippen LogP contribution in [-0.4, -0.2) is 11.8 Å². The number of carbonyl (C=O) groups excluding carboxylic acids is 2. The second kappa shape index (κ2) is 6.41. The van der Waals surface area contributed by atoms with Crippen molar-refractivity contribution in [1.29, 1.82) is 0 Å². The minimum atomic E-state index is -0.223. The van der Waals surface area contributed by atoms with Crippen molar-refractivity contribution in [1.82, 2.24) is 10.9 Å². The van der Waals surface area contributed by atoms with Gasteiger partial charge in [0.1, 0.15) is 0 Å². The molecule has 1 aliphatic rings. The maximum absolute atomic E-state index is 12.0. The Hall–Kier alpha value is -1.66. The zero-order valence-corrected chi connectivity index (χ0v) is 13.1. The SMILES string of the molecule is O=C(CCc1cccs1)NNC(=O)c1cc2c(s1)CCC2. The molecule has 2 amide bonds. The molecule has 3 rings (SSSR count). The second-order valence-corrected chi connectivity index (χ2v) is 7.16. The predicted molar refractivity (Wildman–Crippen MR) is 84.6 cm³/mol. The van der Waals surface area contributed by atoms with E-state index in [2.05, 4.69) is 10.9 Å². The van der Waals surface area contributed by atoms with Crippen LogP contribution in [0.15, 0.2) is 23.6 Å². The lowest BCUT2D eigenvalue weighted by Crippen LogP contribution is -2.41. The van der Waals surface area contributed by atoms with Crippen molar-refractivity contribution in [3.8, 4) is 0 Å². The van der Waals surface area contributed by atoms with Crippen LogP contribution in [-0.2, 0) is 24.1 Å². The van der Waals surface area contributed by atoms with Gasteiger partial charge in [-0.25, -0.2) is 0 Å². The highest BCUT2D eigenvalue weighted by Gasteiger charge is 2.18. The molecule has 4 nitrogen and oxygen atoms in total. The molecule has 2 N–H and O–H groups in total. The van der Waals surface area contributed by atoms with Gasteiger partial charge in [-0.3, -0.25) is 20.4 Å². The van der Waals surface area contributed by atoms with Gasteiger partial charge < -0.3 is 0 Å². The Balaban J connectivity index is 1.45. The van der Waals surface area contributed by atoms with Crippen LogP contribution in [0.1, 0.15) is 37.8 Å². The van der Waals surface area contributed by atoms with Crippen molar-refractivity contribution < 1.29 is 9.59 Å². The van der Waals surface area contributed by atoms with Crippen molar-refractivity contribution >= 4 is 34.5 Å². The number of fused-ring (bicyclic) bond motifs is 1. The summed E-state index contributed by atoms with van der Waals surface area (Å²) in [6, 6.07) is 5.92. The first kappa shape index (κ1) is 14.3. The predicted octanol–water partition coefficient (Wildman–Crippen LogP) is 2.69. The molecule has 6 heteroatoms. The van der Waals surface area contributed by atoms with Crippen LogP contribution < -0.4 is 10.9 Å². The molecule has 0 aliphatic heterocycles. The van der Waals surface area contributed by atoms with Crippen molar-refractivity contribution in [2.45, 2.75) is 32.1 Å². The number of rotatable bonds is 4.